The maximum absolute atomic E-state index is 6.19. The Morgan fingerprint density at radius 1 is 1.00 bits per heavy atom. The van der Waals surface area contributed by atoms with Crippen LogP contribution in [0.15, 0.2) is 36.4 Å². The van der Waals surface area contributed by atoms with E-state index in [0.717, 1.165) is 28.1 Å². The van der Waals surface area contributed by atoms with E-state index < -0.39 is 0 Å². The molecule has 108 valence electrons. The van der Waals surface area contributed by atoms with Crippen LogP contribution in [-0.4, -0.2) is 9.55 Å². The first-order valence-electron chi connectivity index (χ1n) is 7.32. The van der Waals surface area contributed by atoms with Crippen molar-refractivity contribution < 1.29 is 0 Å². The lowest BCUT2D eigenvalue weighted by Gasteiger charge is -2.14. The van der Waals surface area contributed by atoms with Crippen LogP contribution in [0.2, 0.25) is 0 Å². The normalized spacial score (nSPS) is 11.5. The van der Waals surface area contributed by atoms with Crippen LogP contribution in [0.1, 0.15) is 31.0 Å². The molecule has 3 heteroatoms. The summed E-state index contributed by atoms with van der Waals surface area (Å²) in [6, 6.07) is 12.8. The maximum atomic E-state index is 6.19. The van der Waals surface area contributed by atoms with Gasteiger partial charge in [-0.05, 0) is 57.5 Å². The smallest absolute Gasteiger partial charge is 0.143 e. The molecule has 0 aliphatic carbocycles. The SMILES string of the molecule is Cc1ccc(N)c(-c2nc3cc(C)ccc3n2C(C)C)c1. The van der Waals surface area contributed by atoms with E-state index >= 15 is 0 Å². The third-order valence-corrected chi connectivity index (χ3v) is 3.81. The van der Waals surface area contributed by atoms with Crippen molar-refractivity contribution in [2.24, 2.45) is 0 Å². The summed E-state index contributed by atoms with van der Waals surface area (Å²) in [7, 11) is 0. The Balaban J connectivity index is 2.36. The quantitative estimate of drug-likeness (QED) is 0.703. The number of nitrogens with zero attached hydrogens (tertiary/aromatic N) is 2. The van der Waals surface area contributed by atoms with Crippen molar-refractivity contribution in [3.05, 3.63) is 47.5 Å². The highest BCUT2D eigenvalue weighted by molar-refractivity contribution is 5.84. The molecule has 21 heavy (non-hydrogen) atoms. The lowest BCUT2D eigenvalue weighted by atomic mass is 10.1. The molecular formula is C18H21N3. The summed E-state index contributed by atoms with van der Waals surface area (Å²) in [5, 5.41) is 0. The molecule has 0 saturated carbocycles. The van der Waals surface area contributed by atoms with E-state index in [0.29, 0.717) is 6.04 Å². The van der Waals surface area contributed by atoms with Gasteiger partial charge in [0.15, 0.2) is 0 Å². The fraction of sp³-hybridized carbons (Fsp3) is 0.278. The number of aromatic nitrogens is 2. The molecule has 1 heterocycles. The molecule has 0 atom stereocenters. The number of rotatable bonds is 2. The minimum absolute atomic E-state index is 0.326. The average Bonchev–Trinajstić information content (AvgIpc) is 2.79. The highest BCUT2D eigenvalue weighted by Crippen LogP contribution is 2.32. The number of hydrogen-bond donors (Lipinski definition) is 1. The van der Waals surface area contributed by atoms with Crippen molar-refractivity contribution in [1.82, 2.24) is 9.55 Å². The molecule has 0 aliphatic rings. The summed E-state index contributed by atoms with van der Waals surface area (Å²) in [6.45, 7) is 8.52. The third kappa shape index (κ3) is 2.29. The number of nitrogen functional groups attached to an aromatic ring is 1. The molecule has 0 saturated heterocycles. The van der Waals surface area contributed by atoms with Crippen molar-refractivity contribution in [1.29, 1.82) is 0 Å². The summed E-state index contributed by atoms with van der Waals surface area (Å²) in [4.78, 5) is 4.85. The van der Waals surface area contributed by atoms with Crippen LogP contribution in [0.25, 0.3) is 22.4 Å². The molecule has 0 fully saturated rings. The van der Waals surface area contributed by atoms with Gasteiger partial charge in [0.1, 0.15) is 5.82 Å². The molecule has 2 aromatic carbocycles. The Hall–Kier alpha value is -2.29. The van der Waals surface area contributed by atoms with Gasteiger partial charge in [-0.3, -0.25) is 0 Å². The summed E-state index contributed by atoms with van der Waals surface area (Å²) < 4.78 is 2.26. The van der Waals surface area contributed by atoms with Crippen LogP contribution in [0.4, 0.5) is 5.69 Å². The van der Waals surface area contributed by atoms with Crippen LogP contribution in [0, 0.1) is 13.8 Å². The first-order chi connectivity index (χ1) is 9.97. The second kappa shape index (κ2) is 4.92. The van der Waals surface area contributed by atoms with Crippen LogP contribution in [0.5, 0.6) is 0 Å². The molecule has 0 amide bonds. The molecule has 0 radical (unpaired) electrons. The number of hydrogen-bond acceptors (Lipinski definition) is 2. The van der Waals surface area contributed by atoms with Crippen LogP contribution in [-0.2, 0) is 0 Å². The Morgan fingerprint density at radius 3 is 2.38 bits per heavy atom. The van der Waals surface area contributed by atoms with Gasteiger partial charge in [0.25, 0.3) is 0 Å². The van der Waals surface area contributed by atoms with E-state index in [-0.39, 0.29) is 0 Å². The molecule has 0 unspecified atom stereocenters. The first-order valence-corrected chi connectivity index (χ1v) is 7.32. The van der Waals surface area contributed by atoms with E-state index in [1.54, 1.807) is 0 Å². The lowest BCUT2D eigenvalue weighted by Crippen LogP contribution is -2.04. The molecule has 0 aliphatic heterocycles. The lowest BCUT2D eigenvalue weighted by molar-refractivity contribution is 0.624. The van der Waals surface area contributed by atoms with E-state index in [2.05, 4.69) is 56.5 Å². The fourth-order valence-corrected chi connectivity index (χ4v) is 2.79. The third-order valence-electron chi connectivity index (χ3n) is 3.81. The van der Waals surface area contributed by atoms with Gasteiger partial charge in [0.2, 0.25) is 0 Å². The summed E-state index contributed by atoms with van der Waals surface area (Å²) in [6.07, 6.45) is 0. The van der Waals surface area contributed by atoms with Crippen molar-refractivity contribution in [3.63, 3.8) is 0 Å². The first kappa shape index (κ1) is 13.7. The molecule has 3 rings (SSSR count). The van der Waals surface area contributed by atoms with Gasteiger partial charge in [0.05, 0.1) is 11.0 Å². The highest BCUT2D eigenvalue weighted by atomic mass is 15.1. The molecule has 3 aromatic rings. The number of benzene rings is 2. The van der Waals surface area contributed by atoms with Gasteiger partial charge in [-0.25, -0.2) is 4.98 Å². The largest absolute Gasteiger partial charge is 0.398 e. The summed E-state index contributed by atoms with van der Waals surface area (Å²) >= 11 is 0. The number of aryl methyl sites for hydroxylation is 2. The van der Waals surface area contributed by atoms with Crippen molar-refractivity contribution in [3.8, 4) is 11.4 Å². The number of anilines is 1. The van der Waals surface area contributed by atoms with Crippen LogP contribution >= 0.6 is 0 Å². The zero-order chi connectivity index (χ0) is 15.1. The van der Waals surface area contributed by atoms with Gasteiger partial charge in [-0.2, -0.15) is 0 Å². The van der Waals surface area contributed by atoms with Crippen molar-refractivity contribution in [2.45, 2.75) is 33.7 Å². The van der Waals surface area contributed by atoms with Gasteiger partial charge in [0, 0.05) is 17.3 Å². The predicted octanol–water partition coefficient (Wildman–Crippen LogP) is 4.48. The van der Waals surface area contributed by atoms with Gasteiger partial charge < -0.3 is 10.3 Å². The van der Waals surface area contributed by atoms with Crippen molar-refractivity contribution >= 4 is 16.7 Å². The second-order valence-corrected chi connectivity index (χ2v) is 5.98. The monoisotopic (exact) mass is 279 g/mol. The fourth-order valence-electron chi connectivity index (χ4n) is 2.79. The molecule has 1 aromatic heterocycles. The van der Waals surface area contributed by atoms with Gasteiger partial charge in [-0.1, -0.05) is 17.7 Å². The van der Waals surface area contributed by atoms with Gasteiger partial charge >= 0.3 is 0 Å². The Morgan fingerprint density at radius 2 is 1.67 bits per heavy atom. The second-order valence-electron chi connectivity index (χ2n) is 5.98. The Labute approximate surface area is 125 Å². The zero-order valence-corrected chi connectivity index (χ0v) is 13.0. The molecule has 3 nitrogen and oxygen atoms in total. The molecule has 0 bridgehead atoms. The Bertz CT molecular complexity index is 813. The van der Waals surface area contributed by atoms with E-state index in [1.807, 2.05) is 12.1 Å². The predicted molar refractivity (Wildman–Crippen MR) is 89.4 cm³/mol. The highest BCUT2D eigenvalue weighted by Gasteiger charge is 2.16. The van der Waals surface area contributed by atoms with Crippen LogP contribution in [0.3, 0.4) is 0 Å². The number of nitrogens with two attached hydrogens (primary N) is 1. The van der Waals surface area contributed by atoms with E-state index in [9.17, 15) is 0 Å². The van der Waals surface area contributed by atoms with E-state index in [4.69, 9.17) is 10.7 Å². The standard InChI is InChI=1S/C18H21N3/c1-11(2)21-17-8-6-13(4)10-16(17)20-18(21)14-9-12(3)5-7-15(14)19/h5-11H,19H2,1-4H3. The summed E-state index contributed by atoms with van der Waals surface area (Å²) in [5.74, 6) is 0.951. The Kier molecular flexibility index (Phi) is 3.20. The number of fused-ring (bicyclic) bond motifs is 1. The van der Waals surface area contributed by atoms with Crippen molar-refractivity contribution in [2.75, 3.05) is 5.73 Å². The van der Waals surface area contributed by atoms with Gasteiger partial charge in [-0.15, -0.1) is 0 Å². The average molecular weight is 279 g/mol. The molecule has 2 N–H and O–H groups in total. The minimum atomic E-state index is 0.326. The topological polar surface area (TPSA) is 43.8 Å². The molecule has 0 spiro atoms. The number of imidazole rings is 1. The zero-order valence-electron chi connectivity index (χ0n) is 13.0. The molecular weight excluding hydrogens is 258 g/mol. The summed E-state index contributed by atoms with van der Waals surface area (Å²) in [5.41, 5.74) is 12.6. The van der Waals surface area contributed by atoms with E-state index in [1.165, 1.54) is 11.1 Å². The minimum Gasteiger partial charge on any atom is -0.398 e. The maximum Gasteiger partial charge on any atom is 0.143 e. The van der Waals surface area contributed by atoms with Crippen LogP contribution < -0.4 is 5.73 Å².